The molecule has 3 N–H and O–H groups in total. The first-order chi connectivity index (χ1) is 7.66. The molecule has 0 saturated carbocycles. The number of imidazole rings is 1. The normalized spacial score (nSPS) is 10.3. The molecule has 0 atom stereocenters. The van der Waals surface area contributed by atoms with Crippen LogP contribution in [0, 0.1) is 0 Å². The summed E-state index contributed by atoms with van der Waals surface area (Å²) in [5.74, 6) is 0.513. The number of H-pyrrole nitrogens is 1. The average Bonchev–Trinajstić information content (AvgIpc) is 2.74. The lowest BCUT2D eigenvalue weighted by Gasteiger charge is -2.03. The summed E-state index contributed by atoms with van der Waals surface area (Å²) in [5, 5.41) is 0.497. The van der Waals surface area contributed by atoms with Crippen LogP contribution in [0.5, 0.6) is 0 Å². The van der Waals surface area contributed by atoms with Crippen LogP contribution in [0.25, 0.3) is 0 Å². The minimum atomic E-state index is -0.102. The van der Waals surface area contributed by atoms with Crippen molar-refractivity contribution in [3.63, 3.8) is 0 Å². The molecule has 0 radical (unpaired) electrons. The second-order valence-electron chi connectivity index (χ2n) is 3.37. The predicted molar refractivity (Wildman–Crippen MR) is 62.5 cm³/mol. The average molecular weight is 236 g/mol. The Hall–Kier alpha value is -1.81. The van der Waals surface area contributed by atoms with Gasteiger partial charge in [0.25, 0.3) is 0 Å². The van der Waals surface area contributed by atoms with Gasteiger partial charge in [0.05, 0.1) is 6.42 Å². The van der Waals surface area contributed by atoms with Crippen molar-refractivity contribution in [1.82, 2.24) is 9.97 Å². The van der Waals surface area contributed by atoms with E-state index in [0.29, 0.717) is 22.1 Å². The van der Waals surface area contributed by atoms with Gasteiger partial charge in [-0.2, -0.15) is 0 Å². The number of ketones is 1. The van der Waals surface area contributed by atoms with E-state index in [4.69, 9.17) is 17.3 Å². The molecule has 0 aliphatic rings. The third kappa shape index (κ3) is 2.23. The van der Waals surface area contributed by atoms with E-state index in [0.717, 1.165) is 0 Å². The molecule has 1 aromatic heterocycles. The first kappa shape index (κ1) is 10.7. The SMILES string of the molecule is Nc1ccc(Cl)cc1C(=O)Cc1ncc[nH]1. The van der Waals surface area contributed by atoms with Crippen LogP contribution >= 0.6 is 11.6 Å². The number of benzene rings is 1. The van der Waals surface area contributed by atoms with Gasteiger partial charge in [-0.1, -0.05) is 11.6 Å². The fraction of sp³-hybridized carbons (Fsp3) is 0.0909. The van der Waals surface area contributed by atoms with Crippen LogP contribution in [-0.2, 0) is 6.42 Å². The Morgan fingerprint density at radius 2 is 2.31 bits per heavy atom. The third-order valence-corrected chi connectivity index (χ3v) is 2.43. The number of nitrogens with zero attached hydrogens (tertiary/aromatic N) is 1. The van der Waals surface area contributed by atoms with Gasteiger partial charge in [0.15, 0.2) is 5.78 Å². The summed E-state index contributed by atoms with van der Waals surface area (Å²) in [5.41, 5.74) is 6.57. The number of anilines is 1. The standard InChI is InChI=1S/C11H10ClN3O/c12-7-1-2-9(13)8(5-7)10(16)6-11-14-3-4-15-11/h1-5H,6,13H2,(H,14,15). The number of hydrogen-bond acceptors (Lipinski definition) is 3. The highest BCUT2D eigenvalue weighted by Gasteiger charge is 2.12. The van der Waals surface area contributed by atoms with E-state index in [1.54, 1.807) is 30.6 Å². The van der Waals surface area contributed by atoms with Crippen molar-refractivity contribution in [3.05, 3.63) is 47.0 Å². The number of aromatic amines is 1. The van der Waals surface area contributed by atoms with Crippen molar-refractivity contribution in [1.29, 1.82) is 0 Å². The topological polar surface area (TPSA) is 71.8 Å². The Labute approximate surface area is 97.5 Å². The molecule has 0 spiro atoms. The minimum Gasteiger partial charge on any atom is -0.398 e. The zero-order valence-corrected chi connectivity index (χ0v) is 9.16. The summed E-state index contributed by atoms with van der Waals surface area (Å²) in [6.45, 7) is 0. The van der Waals surface area contributed by atoms with Crippen molar-refractivity contribution in [2.45, 2.75) is 6.42 Å². The van der Waals surface area contributed by atoms with Crippen LogP contribution in [0.1, 0.15) is 16.2 Å². The molecule has 16 heavy (non-hydrogen) atoms. The van der Waals surface area contributed by atoms with Crippen LogP contribution in [-0.4, -0.2) is 15.8 Å². The molecule has 0 unspecified atom stereocenters. The van der Waals surface area contributed by atoms with Crippen molar-refractivity contribution < 1.29 is 4.79 Å². The number of carbonyl (C=O) groups is 1. The van der Waals surface area contributed by atoms with Gasteiger partial charge in [0, 0.05) is 28.7 Å². The zero-order chi connectivity index (χ0) is 11.5. The van der Waals surface area contributed by atoms with E-state index in [1.165, 1.54) is 0 Å². The Morgan fingerprint density at radius 3 is 3.00 bits per heavy atom. The van der Waals surface area contributed by atoms with E-state index in [9.17, 15) is 4.79 Å². The third-order valence-electron chi connectivity index (χ3n) is 2.20. The fourth-order valence-electron chi connectivity index (χ4n) is 1.41. The molecule has 2 aromatic rings. The van der Waals surface area contributed by atoms with Gasteiger partial charge in [-0.25, -0.2) is 4.98 Å². The quantitative estimate of drug-likeness (QED) is 0.632. The lowest BCUT2D eigenvalue weighted by Crippen LogP contribution is -2.08. The van der Waals surface area contributed by atoms with Crippen LogP contribution in [0.3, 0.4) is 0 Å². The lowest BCUT2D eigenvalue weighted by molar-refractivity contribution is 0.0992. The van der Waals surface area contributed by atoms with Crippen molar-refractivity contribution in [2.75, 3.05) is 5.73 Å². The predicted octanol–water partition coefficient (Wildman–Crippen LogP) is 2.07. The number of Topliss-reactive ketones (excluding diaryl/α,β-unsaturated/α-hetero) is 1. The molecule has 0 saturated heterocycles. The van der Waals surface area contributed by atoms with Gasteiger partial charge >= 0.3 is 0 Å². The zero-order valence-electron chi connectivity index (χ0n) is 8.40. The van der Waals surface area contributed by atoms with Gasteiger partial charge in [0.2, 0.25) is 0 Å². The maximum Gasteiger partial charge on any atom is 0.172 e. The van der Waals surface area contributed by atoms with Gasteiger partial charge in [-0.05, 0) is 18.2 Å². The van der Waals surface area contributed by atoms with Crippen LogP contribution in [0.15, 0.2) is 30.6 Å². The largest absolute Gasteiger partial charge is 0.398 e. The monoisotopic (exact) mass is 235 g/mol. The summed E-state index contributed by atoms with van der Waals surface area (Å²) in [7, 11) is 0. The molecule has 5 heteroatoms. The van der Waals surface area contributed by atoms with E-state index >= 15 is 0 Å². The van der Waals surface area contributed by atoms with Gasteiger partial charge < -0.3 is 10.7 Å². The van der Waals surface area contributed by atoms with Gasteiger partial charge in [-0.15, -0.1) is 0 Å². The number of aromatic nitrogens is 2. The first-order valence-corrected chi connectivity index (χ1v) is 5.11. The molecule has 1 heterocycles. The molecule has 1 aromatic carbocycles. The fourth-order valence-corrected chi connectivity index (χ4v) is 1.58. The summed E-state index contributed by atoms with van der Waals surface area (Å²) >= 11 is 5.81. The van der Waals surface area contributed by atoms with E-state index in [2.05, 4.69) is 9.97 Å². The van der Waals surface area contributed by atoms with Crippen LogP contribution < -0.4 is 5.73 Å². The smallest absolute Gasteiger partial charge is 0.172 e. The first-order valence-electron chi connectivity index (χ1n) is 4.73. The Kier molecular flexibility index (Phi) is 2.92. The molecule has 0 amide bonds. The molecule has 0 fully saturated rings. The Balaban J connectivity index is 2.24. The van der Waals surface area contributed by atoms with Crippen molar-refractivity contribution >= 4 is 23.1 Å². The van der Waals surface area contributed by atoms with Crippen molar-refractivity contribution in [3.8, 4) is 0 Å². The number of carbonyl (C=O) groups excluding carboxylic acids is 1. The molecule has 4 nitrogen and oxygen atoms in total. The second-order valence-corrected chi connectivity index (χ2v) is 3.80. The lowest BCUT2D eigenvalue weighted by atomic mass is 10.1. The van der Waals surface area contributed by atoms with Crippen LogP contribution in [0.4, 0.5) is 5.69 Å². The summed E-state index contributed by atoms with van der Waals surface area (Å²) in [6, 6.07) is 4.85. The Morgan fingerprint density at radius 1 is 1.50 bits per heavy atom. The molecular weight excluding hydrogens is 226 g/mol. The molecule has 2 rings (SSSR count). The molecular formula is C11H10ClN3O. The highest BCUT2D eigenvalue weighted by atomic mass is 35.5. The summed E-state index contributed by atoms with van der Waals surface area (Å²) < 4.78 is 0. The number of nitrogen functional groups attached to an aromatic ring is 1. The second kappa shape index (κ2) is 4.37. The molecule has 0 bridgehead atoms. The summed E-state index contributed by atoms with van der Waals surface area (Å²) in [4.78, 5) is 18.7. The van der Waals surface area contributed by atoms with Crippen molar-refractivity contribution in [2.24, 2.45) is 0 Å². The minimum absolute atomic E-state index is 0.102. The number of nitrogens with two attached hydrogens (primary N) is 1. The molecule has 0 aliphatic heterocycles. The number of halogens is 1. The van der Waals surface area contributed by atoms with Crippen LogP contribution in [0.2, 0.25) is 5.02 Å². The molecule has 82 valence electrons. The number of hydrogen-bond donors (Lipinski definition) is 2. The van der Waals surface area contributed by atoms with E-state index < -0.39 is 0 Å². The Bertz CT molecular complexity index is 508. The number of rotatable bonds is 3. The summed E-state index contributed by atoms with van der Waals surface area (Å²) in [6.07, 6.45) is 3.46. The van der Waals surface area contributed by atoms with E-state index in [-0.39, 0.29) is 12.2 Å². The van der Waals surface area contributed by atoms with Gasteiger partial charge in [0.1, 0.15) is 5.82 Å². The highest BCUT2D eigenvalue weighted by Crippen LogP contribution is 2.19. The van der Waals surface area contributed by atoms with E-state index in [1.807, 2.05) is 0 Å². The molecule has 0 aliphatic carbocycles. The number of nitrogens with one attached hydrogen (secondary N) is 1. The van der Waals surface area contributed by atoms with Gasteiger partial charge in [-0.3, -0.25) is 4.79 Å². The highest BCUT2D eigenvalue weighted by molar-refractivity contribution is 6.31. The maximum absolute atomic E-state index is 11.9. The maximum atomic E-state index is 11.9.